The van der Waals surface area contributed by atoms with E-state index in [4.69, 9.17) is 27.0 Å². The molecule has 5 aromatic carbocycles. The number of nitrogen functional groups attached to an aromatic ring is 1. The minimum Gasteiger partial charge on any atom is -0.399 e. The lowest BCUT2D eigenvalue weighted by atomic mass is 9.94. The van der Waals surface area contributed by atoms with Crippen LogP contribution in [0.4, 0.5) is 40.3 Å². The number of nitrogens with two attached hydrogens (primary N) is 1. The van der Waals surface area contributed by atoms with Gasteiger partial charge in [0.25, 0.3) is 5.91 Å². The number of unbranched alkanes of at least 4 members (excludes halogenated alkanes) is 1. The van der Waals surface area contributed by atoms with Gasteiger partial charge in [0, 0.05) is 154 Å². The molecule has 0 radical (unpaired) electrons. The van der Waals surface area contributed by atoms with Crippen LogP contribution in [0.25, 0.3) is 5.57 Å². The molecule has 5 aromatic rings. The van der Waals surface area contributed by atoms with Crippen LogP contribution in [0.15, 0.2) is 131 Å². The van der Waals surface area contributed by atoms with E-state index < -0.39 is 17.6 Å². The van der Waals surface area contributed by atoms with Crippen molar-refractivity contribution < 1.29 is 45.9 Å². The van der Waals surface area contributed by atoms with E-state index in [1.165, 1.54) is 35.6 Å². The predicted molar refractivity (Wildman–Crippen MR) is 365 cm³/mol. The number of alkyl halides is 3. The van der Waals surface area contributed by atoms with E-state index >= 15 is 0 Å². The highest BCUT2D eigenvalue weighted by atomic mass is 35.5. The first-order valence-corrected chi connectivity index (χ1v) is 35.0. The van der Waals surface area contributed by atoms with E-state index in [0.717, 1.165) is 171 Å². The predicted octanol–water partition coefficient (Wildman–Crippen LogP) is 12.8. The number of carbonyl (C=O) groups is 3. The molecule has 5 aliphatic rings. The number of hydrogen-bond acceptors (Lipinski definition) is 17. The summed E-state index contributed by atoms with van der Waals surface area (Å²) >= 11 is 8.38. The maximum atomic E-state index is 14.5. The van der Waals surface area contributed by atoms with Gasteiger partial charge < -0.3 is 40.3 Å². The number of benzene rings is 5. The quantitative estimate of drug-likeness (QED) is 0.00476. The maximum absolute atomic E-state index is 14.5. The smallest absolute Gasteiger partial charge is 0.399 e. The minimum absolute atomic E-state index is 0.0613. The van der Waals surface area contributed by atoms with Crippen LogP contribution in [0.1, 0.15) is 87.1 Å². The van der Waals surface area contributed by atoms with Gasteiger partial charge in [-0.25, -0.2) is 4.39 Å². The molecule has 24 heteroatoms. The highest BCUT2D eigenvalue weighted by Gasteiger charge is 2.32. The molecule has 0 spiro atoms. The highest BCUT2D eigenvalue weighted by Crippen LogP contribution is 2.37. The van der Waals surface area contributed by atoms with Crippen LogP contribution in [0.5, 0.6) is 5.75 Å². The Morgan fingerprint density at radius 3 is 2.14 bits per heavy atom. The van der Waals surface area contributed by atoms with E-state index in [2.05, 4.69) is 80.3 Å². The number of ether oxygens (including phenoxy) is 1. The van der Waals surface area contributed by atoms with Gasteiger partial charge in [0.05, 0.1) is 18.0 Å². The number of thioether (sulfide) groups is 1. The molecule has 1 unspecified atom stereocenters. The first-order valence-electron chi connectivity index (χ1n) is 32.1. The zero-order chi connectivity index (χ0) is 64.7. The molecule has 0 aliphatic carbocycles. The summed E-state index contributed by atoms with van der Waals surface area (Å²) in [5, 5.41) is 6.47. The number of piperidine rings is 2. The van der Waals surface area contributed by atoms with Gasteiger partial charge in [-0.3, -0.25) is 34.2 Å². The average Bonchev–Trinajstić information content (AvgIpc) is 1.82. The van der Waals surface area contributed by atoms with Gasteiger partial charge in [-0.1, -0.05) is 47.5 Å². The van der Waals surface area contributed by atoms with Crippen molar-refractivity contribution in [1.82, 2.24) is 29.6 Å². The standard InChI is InChI=1S/C63H80ClF4N9O4S3.C5H7NO2/c1-47(57(49-11-15-51(64)16-12-49)10-5-6-26-72-28-23-48(24-29-72)45-75-33-37-77(38-34-75)60-42-52(69)17-21-58(60)65)44-74-31-35-76(36-32-74)54-18-13-50(14-19-54)62(78)71-83-56-20-22-59(61(43-56)80-81-84-63(66,67)68)70-53(46-82-55-8-3-2-4-9-55)25-30-73-27-7-40-79-41-39-73;7-4-2-1-3-5(8)6-4/h2-4,8-9,11-22,42-43,48,53,70H,5-7,10,23-41,44-46,69H2,1H3,(H,71,78);1-3H2,(H,6,7,8)/b57-47-;. The van der Waals surface area contributed by atoms with Gasteiger partial charge in [0.2, 0.25) is 11.8 Å². The van der Waals surface area contributed by atoms with Crippen molar-refractivity contribution in [3.8, 4) is 5.75 Å². The van der Waals surface area contributed by atoms with Crippen molar-refractivity contribution in [3.05, 3.63) is 143 Å². The molecule has 5 saturated heterocycles. The molecule has 0 bridgehead atoms. The second-order valence-corrected chi connectivity index (χ2v) is 27.2. The van der Waals surface area contributed by atoms with Gasteiger partial charge >= 0.3 is 5.51 Å². The number of carbonyl (C=O) groups excluding carboxylic acids is 3. The zero-order valence-corrected chi connectivity index (χ0v) is 55.7. The molecule has 3 amide bonds. The zero-order valence-electron chi connectivity index (χ0n) is 52.5. The van der Waals surface area contributed by atoms with Crippen molar-refractivity contribution in [2.45, 2.75) is 92.5 Å². The Hall–Kier alpha value is -5.73. The summed E-state index contributed by atoms with van der Waals surface area (Å²) in [4.78, 5) is 55.7. The summed E-state index contributed by atoms with van der Waals surface area (Å²) in [7, 11) is 0. The van der Waals surface area contributed by atoms with Crippen molar-refractivity contribution >= 4 is 93.4 Å². The summed E-state index contributed by atoms with van der Waals surface area (Å²) in [6.45, 7) is 18.7. The number of allylic oxidation sites excluding steroid dienone is 1. The Morgan fingerprint density at radius 1 is 0.739 bits per heavy atom. The molecule has 5 heterocycles. The molecular weight excluding hydrogens is 1260 g/mol. The van der Waals surface area contributed by atoms with Crippen molar-refractivity contribution in [2.75, 3.05) is 145 Å². The number of hydrogen-bond donors (Lipinski definition) is 4. The van der Waals surface area contributed by atoms with Crippen molar-refractivity contribution in [2.24, 2.45) is 5.92 Å². The molecule has 0 saturated carbocycles. The Kier molecular flexibility index (Phi) is 27.8. The Balaban J connectivity index is 0.00000116. The number of amides is 3. The number of likely N-dealkylation sites (tertiary alicyclic amines) is 1. The fourth-order valence-electron chi connectivity index (χ4n) is 12.2. The van der Waals surface area contributed by atoms with E-state index in [0.29, 0.717) is 65.1 Å². The Bertz CT molecular complexity index is 3140. The Labute approximate surface area is 557 Å². The van der Waals surface area contributed by atoms with Gasteiger partial charge in [-0.2, -0.15) is 13.2 Å². The fourth-order valence-corrected chi connectivity index (χ4v) is 14.1. The normalized spacial score (nSPS) is 18.3. The van der Waals surface area contributed by atoms with Crippen LogP contribution < -0.4 is 35.8 Å². The number of nitrogens with one attached hydrogen (secondary N) is 3. The van der Waals surface area contributed by atoms with Crippen LogP contribution in [0.3, 0.4) is 0 Å². The molecule has 5 aliphatic heterocycles. The molecule has 92 heavy (non-hydrogen) atoms. The summed E-state index contributed by atoms with van der Waals surface area (Å²) in [5.41, 5.74) is 8.52. The lowest BCUT2D eigenvalue weighted by molar-refractivity contribution is -0.133. The first-order chi connectivity index (χ1) is 44.5. The van der Waals surface area contributed by atoms with Crippen LogP contribution in [-0.2, 0) is 18.7 Å². The van der Waals surface area contributed by atoms with Gasteiger partial charge in [-0.05, 0) is 186 Å². The summed E-state index contributed by atoms with van der Waals surface area (Å²) < 4.78 is 67.2. The lowest BCUT2D eigenvalue weighted by Crippen LogP contribution is -2.49. The summed E-state index contributed by atoms with van der Waals surface area (Å²) in [6, 6.07) is 35.8. The third-order valence-corrected chi connectivity index (χ3v) is 19.8. The molecule has 1 atom stereocenters. The van der Waals surface area contributed by atoms with Crippen molar-refractivity contribution in [1.29, 1.82) is 0 Å². The minimum atomic E-state index is -4.67. The van der Waals surface area contributed by atoms with E-state index in [-0.39, 0.29) is 35.3 Å². The summed E-state index contributed by atoms with van der Waals surface area (Å²) in [6.07, 6.45) is 9.17. The molecule has 498 valence electrons. The number of rotatable bonds is 26. The van der Waals surface area contributed by atoms with E-state index in [1.807, 2.05) is 54.6 Å². The largest absolute Gasteiger partial charge is 0.471 e. The number of halogens is 5. The number of anilines is 4. The summed E-state index contributed by atoms with van der Waals surface area (Å²) in [5.74, 6) is 0.667. The van der Waals surface area contributed by atoms with Crippen molar-refractivity contribution in [3.63, 3.8) is 0 Å². The van der Waals surface area contributed by atoms with Crippen LogP contribution in [0.2, 0.25) is 5.02 Å². The molecule has 5 fully saturated rings. The highest BCUT2D eigenvalue weighted by molar-refractivity contribution is 7.99. The number of nitrogens with zero attached hydrogens (tertiary/aromatic N) is 6. The number of piperazine rings is 2. The molecule has 0 aromatic heterocycles. The molecule has 10 rings (SSSR count). The van der Waals surface area contributed by atoms with E-state index in [9.17, 15) is 31.9 Å². The maximum Gasteiger partial charge on any atom is 0.471 e. The average molecular weight is 1350 g/mol. The first kappa shape index (κ1) is 70.6. The third-order valence-electron chi connectivity index (χ3n) is 17.3. The van der Waals surface area contributed by atoms with Gasteiger partial charge in [0.1, 0.15) is 5.82 Å². The Morgan fingerprint density at radius 2 is 1.43 bits per heavy atom. The van der Waals surface area contributed by atoms with Gasteiger partial charge in [-0.15, -0.1) is 16.1 Å². The molecule has 16 nitrogen and oxygen atoms in total. The topological polar surface area (TPSA) is 160 Å². The number of imide groups is 1. The van der Waals surface area contributed by atoms with Gasteiger partial charge in [0.15, 0.2) is 17.8 Å². The van der Waals surface area contributed by atoms with E-state index in [1.54, 1.807) is 42.1 Å². The van der Waals surface area contributed by atoms with Crippen LogP contribution in [-0.4, -0.2) is 173 Å². The third kappa shape index (κ3) is 23.3. The SMILES string of the molecule is C/C(CN1CCN(c2ccc(C(=O)NSc3ccc(NC(CCN4CCCOCC4)CSc4ccccc4)c(OOSC(F)(F)F)c3)cc2)CC1)=C(\CCCCN1CCC(CN2CCN(c3cc(N)ccc3F)CC2)CC1)c1ccc(Cl)cc1.O=C1CCCC(=O)N1. The van der Waals surface area contributed by atoms with Crippen LogP contribution in [0, 0.1) is 11.7 Å². The lowest BCUT2D eigenvalue weighted by Gasteiger charge is -2.39. The molecule has 5 N–H and O–H groups in total. The second kappa shape index (κ2) is 36.2. The fraction of sp³-hybridized carbons (Fsp3) is 0.485. The van der Waals surface area contributed by atoms with Crippen LogP contribution >= 0.6 is 47.4 Å². The monoisotopic (exact) mass is 1350 g/mol. The second-order valence-electron chi connectivity index (χ2n) is 24.1. The molecular formula is C68H87ClF4N10O6S3.